The maximum atomic E-state index is 10.8. The van der Waals surface area contributed by atoms with Gasteiger partial charge >= 0.3 is 0 Å². The molecule has 0 N–H and O–H groups in total. The number of carbonyl (C=O) groups is 1. The highest BCUT2D eigenvalue weighted by atomic mass is 35.5. The molecule has 0 aliphatic heterocycles. The van der Waals surface area contributed by atoms with E-state index >= 15 is 0 Å². The molecule has 13 heavy (non-hydrogen) atoms. The largest absolute Gasteiger partial charge is 0.346 e. The zero-order valence-electron chi connectivity index (χ0n) is 7.33. The van der Waals surface area contributed by atoms with Crippen molar-refractivity contribution in [2.24, 2.45) is 0 Å². The second-order valence-corrected chi connectivity index (χ2v) is 2.91. The number of rotatable bonds is 4. The summed E-state index contributed by atoms with van der Waals surface area (Å²) in [4.78, 5) is 10.8. The van der Waals surface area contributed by atoms with Crippen molar-refractivity contribution in [2.75, 3.05) is 19.6 Å². The zero-order valence-corrected chi connectivity index (χ0v) is 8.08. The first-order chi connectivity index (χ1) is 6.22. The Labute approximate surface area is 82.0 Å². The molecule has 1 aliphatic rings. The first-order valence-corrected chi connectivity index (χ1v) is 4.43. The Kier molecular flexibility index (Phi) is 3.66. The van der Waals surface area contributed by atoms with Crippen LogP contribution >= 0.6 is 11.6 Å². The van der Waals surface area contributed by atoms with Gasteiger partial charge in [-0.25, -0.2) is 0 Å². The van der Waals surface area contributed by atoms with Crippen molar-refractivity contribution in [1.82, 2.24) is 0 Å². The van der Waals surface area contributed by atoms with Gasteiger partial charge in [0.05, 0.1) is 6.61 Å². The quantitative estimate of drug-likeness (QED) is 0.509. The lowest BCUT2D eigenvalue weighted by Gasteiger charge is -2.26. The summed E-state index contributed by atoms with van der Waals surface area (Å²) in [6.45, 7) is 0.373. The number of alkyl halides is 1. The standard InChI is InChI=1S/C9H11ClO3/c1-12-9(13-7-6-10)4-2-8(11)3-5-9/h2-5H,6-7H2,1H3. The third-order valence-electron chi connectivity index (χ3n) is 1.68. The first kappa shape index (κ1) is 10.4. The molecule has 72 valence electrons. The van der Waals surface area contributed by atoms with Crippen LogP contribution in [0, 0.1) is 0 Å². The van der Waals surface area contributed by atoms with Gasteiger partial charge in [0, 0.05) is 13.0 Å². The van der Waals surface area contributed by atoms with E-state index in [4.69, 9.17) is 21.1 Å². The summed E-state index contributed by atoms with van der Waals surface area (Å²) in [5, 5.41) is 0. The van der Waals surface area contributed by atoms with Crippen LogP contribution in [0.1, 0.15) is 0 Å². The van der Waals surface area contributed by atoms with E-state index in [0.717, 1.165) is 0 Å². The summed E-state index contributed by atoms with van der Waals surface area (Å²) in [7, 11) is 1.51. The molecule has 0 aromatic heterocycles. The maximum Gasteiger partial charge on any atom is 0.208 e. The minimum absolute atomic E-state index is 0.0675. The van der Waals surface area contributed by atoms with Gasteiger partial charge in [0.1, 0.15) is 0 Å². The van der Waals surface area contributed by atoms with Gasteiger partial charge in [0.15, 0.2) is 5.78 Å². The number of ether oxygens (including phenoxy) is 2. The van der Waals surface area contributed by atoms with E-state index in [-0.39, 0.29) is 5.78 Å². The van der Waals surface area contributed by atoms with Crippen molar-refractivity contribution in [3.05, 3.63) is 24.3 Å². The van der Waals surface area contributed by atoms with Crippen LogP contribution in [0.15, 0.2) is 24.3 Å². The molecule has 0 spiro atoms. The van der Waals surface area contributed by atoms with E-state index in [9.17, 15) is 4.79 Å². The van der Waals surface area contributed by atoms with Crippen molar-refractivity contribution < 1.29 is 14.3 Å². The van der Waals surface area contributed by atoms with Gasteiger partial charge in [-0.15, -0.1) is 11.6 Å². The molecule has 0 saturated carbocycles. The van der Waals surface area contributed by atoms with Gasteiger partial charge in [0.2, 0.25) is 5.79 Å². The van der Waals surface area contributed by atoms with Crippen LogP contribution in [0.4, 0.5) is 0 Å². The van der Waals surface area contributed by atoms with Gasteiger partial charge in [-0.05, 0) is 24.3 Å². The second-order valence-electron chi connectivity index (χ2n) is 2.53. The Bertz CT molecular complexity index is 229. The smallest absolute Gasteiger partial charge is 0.208 e. The summed E-state index contributed by atoms with van der Waals surface area (Å²) in [6.07, 6.45) is 5.97. The molecular weight excluding hydrogens is 192 g/mol. The lowest BCUT2D eigenvalue weighted by Crippen LogP contribution is -2.32. The molecule has 0 heterocycles. The van der Waals surface area contributed by atoms with E-state index in [1.165, 1.54) is 19.3 Å². The van der Waals surface area contributed by atoms with Crippen molar-refractivity contribution >= 4 is 17.4 Å². The summed E-state index contributed by atoms with van der Waals surface area (Å²) < 4.78 is 10.5. The van der Waals surface area contributed by atoms with Crippen LogP contribution < -0.4 is 0 Å². The fraction of sp³-hybridized carbons (Fsp3) is 0.444. The predicted octanol–water partition coefficient (Wildman–Crippen LogP) is 1.28. The third-order valence-corrected chi connectivity index (χ3v) is 1.84. The molecule has 0 unspecified atom stereocenters. The molecule has 0 radical (unpaired) electrons. The van der Waals surface area contributed by atoms with E-state index in [1.807, 2.05) is 0 Å². The first-order valence-electron chi connectivity index (χ1n) is 3.90. The van der Waals surface area contributed by atoms with Crippen molar-refractivity contribution in [3.63, 3.8) is 0 Å². The Hall–Kier alpha value is -0.640. The zero-order chi connectivity index (χ0) is 9.73. The molecule has 0 amide bonds. The molecule has 0 aromatic carbocycles. The number of halogens is 1. The molecule has 0 aromatic rings. The summed E-state index contributed by atoms with van der Waals surface area (Å²) in [5.41, 5.74) is 0. The molecule has 0 saturated heterocycles. The molecule has 4 heteroatoms. The maximum absolute atomic E-state index is 10.8. The van der Waals surface area contributed by atoms with E-state index < -0.39 is 5.79 Å². The normalized spacial score (nSPS) is 19.4. The van der Waals surface area contributed by atoms with Crippen molar-refractivity contribution in [2.45, 2.75) is 5.79 Å². The molecule has 1 aliphatic carbocycles. The van der Waals surface area contributed by atoms with E-state index in [2.05, 4.69) is 0 Å². The number of hydrogen-bond donors (Lipinski definition) is 0. The number of methoxy groups -OCH3 is 1. The predicted molar refractivity (Wildman–Crippen MR) is 49.7 cm³/mol. The molecular formula is C9H11ClO3. The van der Waals surface area contributed by atoms with Crippen molar-refractivity contribution in [1.29, 1.82) is 0 Å². The van der Waals surface area contributed by atoms with Crippen LogP contribution in [0.3, 0.4) is 0 Å². The molecule has 0 bridgehead atoms. The van der Waals surface area contributed by atoms with Gasteiger partial charge in [0.25, 0.3) is 0 Å². The van der Waals surface area contributed by atoms with Crippen LogP contribution in [0.5, 0.6) is 0 Å². The molecule has 3 nitrogen and oxygen atoms in total. The Morgan fingerprint density at radius 1 is 1.46 bits per heavy atom. The number of carbonyl (C=O) groups excluding carboxylic acids is 1. The van der Waals surface area contributed by atoms with Crippen LogP contribution in [0.25, 0.3) is 0 Å². The Balaban J connectivity index is 2.65. The lowest BCUT2D eigenvalue weighted by atomic mass is 10.1. The fourth-order valence-corrected chi connectivity index (χ4v) is 1.07. The summed E-state index contributed by atoms with van der Waals surface area (Å²) in [6, 6.07) is 0. The number of hydrogen-bond acceptors (Lipinski definition) is 3. The van der Waals surface area contributed by atoms with Crippen LogP contribution in [-0.4, -0.2) is 31.2 Å². The summed E-state index contributed by atoms with van der Waals surface area (Å²) >= 11 is 5.47. The Morgan fingerprint density at radius 3 is 2.54 bits per heavy atom. The SMILES string of the molecule is COC1(OCCCl)C=CC(=O)C=C1. The van der Waals surface area contributed by atoms with Gasteiger partial charge < -0.3 is 9.47 Å². The van der Waals surface area contributed by atoms with Crippen LogP contribution in [-0.2, 0) is 14.3 Å². The van der Waals surface area contributed by atoms with Gasteiger partial charge in [-0.2, -0.15) is 0 Å². The topological polar surface area (TPSA) is 35.5 Å². The van der Waals surface area contributed by atoms with Crippen LogP contribution in [0.2, 0.25) is 0 Å². The highest BCUT2D eigenvalue weighted by Gasteiger charge is 2.26. The lowest BCUT2D eigenvalue weighted by molar-refractivity contribution is -0.151. The minimum atomic E-state index is -0.914. The van der Waals surface area contributed by atoms with Gasteiger partial charge in [-0.3, -0.25) is 4.79 Å². The molecule has 0 fully saturated rings. The third kappa shape index (κ3) is 2.66. The molecule has 0 atom stereocenters. The number of allylic oxidation sites excluding steroid dienone is 2. The number of ketones is 1. The Morgan fingerprint density at radius 2 is 2.08 bits per heavy atom. The minimum Gasteiger partial charge on any atom is -0.346 e. The average molecular weight is 203 g/mol. The van der Waals surface area contributed by atoms with E-state index in [1.54, 1.807) is 12.2 Å². The van der Waals surface area contributed by atoms with Crippen molar-refractivity contribution in [3.8, 4) is 0 Å². The highest BCUT2D eigenvalue weighted by molar-refractivity contribution is 6.17. The highest BCUT2D eigenvalue weighted by Crippen LogP contribution is 2.19. The monoisotopic (exact) mass is 202 g/mol. The molecule has 1 rings (SSSR count). The average Bonchev–Trinajstić information content (AvgIpc) is 2.18. The fourth-order valence-electron chi connectivity index (χ4n) is 0.997. The van der Waals surface area contributed by atoms with E-state index in [0.29, 0.717) is 12.5 Å². The van der Waals surface area contributed by atoms with Gasteiger partial charge in [-0.1, -0.05) is 0 Å². The second kappa shape index (κ2) is 4.56. The summed E-state index contributed by atoms with van der Waals surface area (Å²) in [5.74, 6) is -0.592.